The van der Waals surface area contributed by atoms with Crippen molar-refractivity contribution in [3.8, 4) is 11.5 Å². The minimum atomic E-state index is -0.0753. The number of halogens is 2. The van der Waals surface area contributed by atoms with E-state index in [4.69, 9.17) is 32.7 Å². The number of methoxy groups -OCH3 is 1. The van der Waals surface area contributed by atoms with Crippen molar-refractivity contribution < 1.29 is 14.3 Å². The standard InChI is InChI=1S/C19H21Cl2NO3S/c1-13-10-17(18(24-2)11-16(13)21)22-19(23)12-26-9-3-8-25-15-6-4-14(20)5-7-15/h4-7,10-11H,3,8-9,12H2,1-2H3,(H,22,23). The van der Waals surface area contributed by atoms with Crippen molar-refractivity contribution in [1.29, 1.82) is 0 Å². The summed E-state index contributed by atoms with van der Waals surface area (Å²) >= 11 is 13.5. The highest BCUT2D eigenvalue weighted by Gasteiger charge is 2.10. The molecule has 0 aliphatic heterocycles. The fourth-order valence-corrected chi connectivity index (χ4v) is 3.17. The first kappa shape index (κ1) is 20.7. The van der Waals surface area contributed by atoms with Gasteiger partial charge in [-0.2, -0.15) is 11.8 Å². The average molecular weight is 414 g/mol. The van der Waals surface area contributed by atoms with Crippen LogP contribution >= 0.6 is 35.0 Å². The minimum absolute atomic E-state index is 0.0753. The molecule has 2 aromatic carbocycles. The maximum atomic E-state index is 12.1. The molecule has 7 heteroatoms. The fraction of sp³-hybridized carbons (Fsp3) is 0.316. The summed E-state index contributed by atoms with van der Waals surface area (Å²) in [4.78, 5) is 12.1. The van der Waals surface area contributed by atoms with Crippen molar-refractivity contribution in [1.82, 2.24) is 0 Å². The largest absolute Gasteiger partial charge is 0.495 e. The van der Waals surface area contributed by atoms with E-state index in [2.05, 4.69) is 5.32 Å². The summed E-state index contributed by atoms with van der Waals surface area (Å²) in [6.07, 6.45) is 0.851. The van der Waals surface area contributed by atoms with E-state index in [1.807, 2.05) is 25.1 Å². The van der Waals surface area contributed by atoms with Crippen LogP contribution in [0.25, 0.3) is 0 Å². The van der Waals surface area contributed by atoms with Crippen LogP contribution in [0.5, 0.6) is 11.5 Å². The van der Waals surface area contributed by atoms with Crippen LogP contribution in [0.15, 0.2) is 36.4 Å². The minimum Gasteiger partial charge on any atom is -0.495 e. The highest BCUT2D eigenvalue weighted by atomic mass is 35.5. The third-order valence-electron chi connectivity index (χ3n) is 3.50. The van der Waals surface area contributed by atoms with Gasteiger partial charge in [0.2, 0.25) is 5.91 Å². The molecule has 0 fully saturated rings. The van der Waals surface area contributed by atoms with Gasteiger partial charge in [-0.1, -0.05) is 23.2 Å². The van der Waals surface area contributed by atoms with Crippen molar-refractivity contribution in [2.75, 3.05) is 30.5 Å². The lowest BCUT2D eigenvalue weighted by molar-refractivity contribution is -0.113. The molecule has 0 saturated heterocycles. The number of carbonyl (C=O) groups is 1. The molecule has 0 atom stereocenters. The third kappa shape index (κ3) is 6.63. The SMILES string of the molecule is COc1cc(Cl)c(C)cc1NC(=O)CSCCCOc1ccc(Cl)cc1. The smallest absolute Gasteiger partial charge is 0.234 e. The van der Waals surface area contributed by atoms with E-state index >= 15 is 0 Å². The first-order valence-electron chi connectivity index (χ1n) is 8.09. The number of thioether (sulfide) groups is 1. The number of hydrogen-bond donors (Lipinski definition) is 1. The number of nitrogens with one attached hydrogen (secondary N) is 1. The van der Waals surface area contributed by atoms with E-state index < -0.39 is 0 Å². The predicted octanol–water partition coefficient (Wildman–Crippen LogP) is 5.45. The van der Waals surface area contributed by atoms with E-state index in [9.17, 15) is 4.79 Å². The molecule has 0 aliphatic carbocycles. The summed E-state index contributed by atoms with van der Waals surface area (Å²) in [6, 6.07) is 10.8. The van der Waals surface area contributed by atoms with Gasteiger partial charge in [-0.3, -0.25) is 4.79 Å². The molecular weight excluding hydrogens is 393 g/mol. The molecule has 1 amide bonds. The second-order valence-corrected chi connectivity index (χ2v) is 7.51. The van der Waals surface area contributed by atoms with Gasteiger partial charge in [0.25, 0.3) is 0 Å². The van der Waals surface area contributed by atoms with Crippen molar-refractivity contribution in [3.05, 3.63) is 52.0 Å². The van der Waals surface area contributed by atoms with Crippen molar-refractivity contribution >= 4 is 46.6 Å². The zero-order valence-corrected chi connectivity index (χ0v) is 17.0. The van der Waals surface area contributed by atoms with Gasteiger partial charge in [0.15, 0.2) is 0 Å². The van der Waals surface area contributed by atoms with Gasteiger partial charge in [-0.15, -0.1) is 0 Å². The van der Waals surface area contributed by atoms with Crippen LogP contribution in [0.1, 0.15) is 12.0 Å². The Hall–Kier alpha value is -1.56. The zero-order chi connectivity index (χ0) is 18.9. The van der Waals surface area contributed by atoms with Gasteiger partial charge < -0.3 is 14.8 Å². The molecule has 26 heavy (non-hydrogen) atoms. The highest BCUT2D eigenvalue weighted by Crippen LogP contribution is 2.31. The van der Waals surface area contributed by atoms with Crippen molar-refractivity contribution in [2.45, 2.75) is 13.3 Å². The van der Waals surface area contributed by atoms with Crippen LogP contribution in [0, 0.1) is 6.92 Å². The number of benzene rings is 2. The molecule has 0 aliphatic rings. The summed E-state index contributed by atoms with van der Waals surface area (Å²) in [5.41, 5.74) is 1.51. The summed E-state index contributed by atoms with van der Waals surface area (Å²) in [7, 11) is 1.55. The number of aryl methyl sites for hydroxylation is 1. The Morgan fingerprint density at radius 2 is 1.92 bits per heavy atom. The average Bonchev–Trinajstić information content (AvgIpc) is 2.62. The Balaban J connectivity index is 1.67. The molecule has 0 bridgehead atoms. The van der Waals surface area contributed by atoms with E-state index in [0.717, 1.165) is 23.5 Å². The van der Waals surface area contributed by atoms with E-state index in [0.29, 0.717) is 33.8 Å². The normalized spacial score (nSPS) is 10.5. The molecule has 2 rings (SSSR count). The van der Waals surface area contributed by atoms with Crippen LogP contribution in [0.2, 0.25) is 10.0 Å². The number of ether oxygens (including phenoxy) is 2. The monoisotopic (exact) mass is 413 g/mol. The number of anilines is 1. The summed E-state index contributed by atoms with van der Waals surface area (Å²) in [6.45, 7) is 2.48. The van der Waals surface area contributed by atoms with Crippen LogP contribution in [0.4, 0.5) is 5.69 Å². The number of hydrogen-bond acceptors (Lipinski definition) is 4. The molecule has 4 nitrogen and oxygen atoms in total. The Morgan fingerprint density at radius 1 is 1.19 bits per heavy atom. The zero-order valence-electron chi connectivity index (χ0n) is 14.7. The van der Waals surface area contributed by atoms with Gasteiger partial charge >= 0.3 is 0 Å². The van der Waals surface area contributed by atoms with Gasteiger partial charge in [-0.05, 0) is 55.0 Å². The Bertz CT molecular complexity index is 738. The molecule has 140 valence electrons. The molecule has 0 saturated carbocycles. The second kappa shape index (κ2) is 10.6. The molecule has 1 N–H and O–H groups in total. The van der Waals surface area contributed by atoms with Gasteiger partial charge in [0.1, 0.15) is 11.5 Å². The summed E-state index contributed by atoms with van der Waals surface area (Å²) in [5.74, 6) is 2.47. The molecule has 0 unspecified atom stereocenters. The molecular formula is C19H21Cl2NO3S. The van der Waals surface area contributed by atoms with Crippen LogP contribution in [-0.4, -0.2) is 31.1 Å². The molecule has 2 aromatic rings. The Kier molecular flexibility index (Phi) is 8.42. The molecule has 0 radical (unpaired) electrons. The van der Waals surface area contributed by atoms with Crippen LogP contribution < -0.4 is 14.8 Å². The second-order valence-electron chi connectivity index (χ2n) is 5.56. The first-order chi connectivity index (χ1) is 12.5. The first-order valence-corrected chi connectivity index (χ1v) is 10.0. The molecule has 0 aromatic heterocycles. The lowest BCUT2D eigenvalue weighted by Gasteiger charge is -2.12. The Morgan fingerprint density at radius 3 is 2.62 bits per heavy atom. The Labute approximate surface area is 168 Å². The number of amides is 1. The molecule has 0 heterocycles. The quantitative estimate of drug-likeness (QED) is 0.555. The fourth-order valence-electron chi connectivity index (χ4n) is 2.16. The van der Waals surface area contributed by atoms with E-state index in [1.165, 1.54) is 0 Å². The number of carbonyl (C=O) groups excluding carboxylic acids is 1. The predicted molar refractivity (Wildman–Crippen MR) is 110 cm³/mol. The van der Waals surface area contributed by atoms with Gasteiger partial charge in [-0.25, -0.2) is 0 Å². The lowest BCUT2D eigenvalue weighted by Crippen LogP contribution is -2.15. The maximum Gasteiger partial charge on any atom is 0.234 e. The van der Waals surface area contributed by atoms with Crippen molar-refractivity contribution in [2.24, 2.45) is 0 Å². The van der Waals surface area contributed by atoms with Crippen LogP contribution in [0.3, 0.4) is 0 Å². The van der Waals surface area contributed by atoms with E-state index in [1.54, 1.807) is 37.1 Å². The topological polar surface area (TPSA) is 47.6 Å². The molecule has 0 spiro atoms. The van der Waals surface area contributed by atoms with Crippen molar-refractivity contribution in [3.63, 3.8) is 0 Å². The summed E-state index contributed by atoms with van der Waals surface area (Å²) in [5, 5.41) is 4.16. The highest BCUT2D eigenvalue weighted by molar-refractivity contribution is 7.99. The summed E-state index contributed by atoms with van der Waals surface area (Å²) < 4.78 is 10.9. The number of rotatable bonds is 9. The van der Waals surface area contributed by atoms with Gasteiger partial charge in [0, 0.05) is 16.1 Å². The van der Waals surface area contributed by atoms with Crippen LogP contribution in [-0.2, 0) is 4.79 Å². The third-order valence-corrected chi connectivity index (χ3v) is 5.21. The van der Waals surface area contributed by atoms with E-state index in [-0.39, 0.29) is 5.91 Å². The lowest BCUT2D eigenvalue weighted by atomic mass is 10.2. The maximum absolute atomic E-state index is 12.1. The van der Waals surface area contributed by atoms with Gasteiger partial charge in [0.05, 0.1) is 25.2 Å².